The van der Waals surface area contributed by atoms with Gasteiger partial charge in [0.1, 0.15) is 0 Å². The summed E-state index contributed by atoms with van der Waals surface area (Å²) in [5.41, 5.74) is 0. The Kier molecular flexibility index (Phi) is 16.7. The second kappa shape index (κ2) is 16.6. The Morgan fingerprint density at radius 1 is 0.750 bits per heavy atom. The molecule has 0 atom stereocenters. The van der Waals surface area contributed by atoms with E-state index in [1.807, 2.05) is 20.8 Å². The van der Waals surface area contributed by atoms with Crippen LogP contribution in [0.5, 0.6) is 0 Å². The molecule has 0 saturated heterocycles. The highest BCUT2D eigenvalue weighted by molar-refractivity contribution is 8.13. The summed E-state index contributed by atoms with van der Waals surface area (Å²) in [5, 5.41) is 0.237. The van der Waals surface area contributed by atoms with Crippen molar-refractivity contribution >= 4 is 25.7 Å². The minimum absolute atomic E-state index is 0.237. The number of carbonyl (C=O) groups is 1. The zero-order valence-corrected chi connectivity index (χ0v) is 18.1. The number of unbranched alkanes of at least 4 members (excludes halogenated alkanes) is 7. The predicted molar refractivity (Wildman–Crippen MR) is 106 cm³/mol. The minimum Gasteiger partial charge on any atom is -0.374 e. The van der Waals surface area contributed by atoms with Gasteiger partial charge in [0, 0.05) is 38.5 Å². The van der Waals surface area contributed by atoms with Crippen molar-refractivity contribution < 1.29 is 18.1 Å². The van der Waals surface area contributed by atoms with E-state index in [9.17, 15) is 4.79 Å². The van der Waals surface area contributed by atoms with E-state index in [0.29, 0.717) is 19.8 Å². The first kappa shape index (κ1) is 24.1. The topological polar surface area (TPSA) is 44.8 Å². The first-order valence-corrected chi connectivity index (χ1v) is 12.6. The number of hydrogen-bond acceptors (Lipinski definition) is 5. The third kappa shape index (κ3) is 13.4. The second-order valence-electron chi connectivity index (χ2n) is 5.90. The van der Waals surface area contributed by atoms with E-state index in [1.54, 1.807) is 6.92 Å². The largest absolute Gasteiger partial charge is 0.500 e. The molecule has 0 rings (SSSR count). The zero-order valence-electron chi connectivity index (χ0n) is 16.2. The zero-order chi connectivity index (χ0) is 18.1. The average Bonchev–Trinajstić information content (AvgIpc) is 2.53. The molecule has 0 fully saturated rings. The van der Waals surface area contributed by atoms with Crippen molar-refractivity contribution in [2.45, 2.75) is 85.1 Å². The van der Waals surface area contributed by atoms with Crippen LogP contribution < -0.4 is 0 Å². The summed E-state index contributed by atoms with van der Waals surface area (Å²) >= 11 is 1.45. The molecule has 0 heterocycles. The van der Waals surface area contributed by atoms with Crippen LogP contribution in [0.3, 0.4) is 0 Å². The molecule has 4 nitrogen and oxygen atoms in total. The molecule has 0 radical (unpaired) electrons. The maximum Gasteiger partial charge on any atom is 0.500 e. The fourth-order valence-corrected chi connectivity index (χ4v) is 6.04. The molecule has 0 spiro atoms. The Labute approximate surface area is 154 Å². The summed E-state index contributed by atoms with van der Waals surface area (Å²) in [7, 11) is -2.43. The van der Waals surface area contributed by atoms with E-state index in [-0.39, 0.29) is 5.12 Å². The number of carbonyl (C=O) groups excluding carboxylic acids is 1. The molecule has 0 bridgehead atoms. The van der Waals surface area contributed by atoms with E-state index in [4.69, 9.17) is 13.3 Å². The van der Waals surface area contributed by atoms with Gasteiger partial charge in [-0.3, -0.25) is 4.79 Å². The number of rotatable bonds is 17. The summed E-state index contributed by atoms with van der Waals surface area (Å²) in [5.74, 6) is 0.980. The van der Waals surface area contributed by atoms with Gasteiger partial charge in [0.25, 0.3) is 0 Å². The van der Waals surface area contributed by atoms with Crippen LogP contribution in [0.2, 0.25) is 6.04 Å². The molecular weight excluding hydrogens is 340 g/mol. The fourth-order valence-electron chi connectivity index (χ4n) is 2.72. The van der Waals surface area contributed by atoms with Crippen LogP contribution in [0, 0.1) is 0 Å². The van der Waals surface area contributed by atoms with Crippen LogP contribution in [-0.4, -0.2) is 39.5 Å². The SMILES string of the molecule is CCO[Si](CCCCCCCCCCSC(C)=O)(OCC)OCC. The van der Waals surface area contributed by atoms with Gasteiger partial charge in [-0.15, -0.1) is 0 Å². The van der Waals surface area contributed by atoms with E-state index in [0.717, 1.165) is 24.6 Å². The Morgan fingerprint density at radius 2 is 1.17 bits per heavy atom. The third-order valence-corrected chi connectivity index (χ3v) is 7.83. The molecule has 0 aliphatic carbocycles. The summed E-state index contributed by atoms with van der Waals surface area (Å²) < 4.78 is 17.6. The molecule has 0 amide bonds. The monoisotopic (exact) mass is 378 g/mol. The van der Waals surface area contributed by atoms with Gasteiger partial charge in [0.2, 0.25) is 0 Å². The summed E-state index contributed by atoms with van der Waals surface area (Å²) in [6.45, 7) is 9.65. The standard InChI is InChI=1S/C18H38O4SSi/c1-5-20-24(21-6-2,22-7-3)17-15-13-11-9-8-10-12-14-16-23-18(4)19/h5-17H2,1-4H3. The molecule has 0 N–H and O–H groups in total. The maximum atomic E-state index is 10.8. The lowest BCUT2D eigenvalue weighted by Gasteiger charge is -2.28. The molecule has 0 aromatic rings. The quantitative estimate of drug-likeness (QED) is 0.249. The van der Waals surface area contributed by atoms with Gasteiger partial charge in [-0.25, -0.2) is 0 Å². The fraction of sp³-hybridized carbons (Fsp3) is 0.944. The molecule has 0 aliphatic rings. The van der Waals surface area contributed by atoms with E-state index in [2.05, 4.69) is 0 Å². The molecule has 0 aliphatic heterocycles. The molecule has 0 saturated carbocycles. The maximum absolute atomic E-state index is 10.8. The van der Waals surface area contributed by atoms with Crippen molar-refractivity contribution in [3.05, 3.63) is 0 Å². The molecule has 0 unspecified atom stereocenters. The third-order valence-electron chi connectivity index (χ3n) is 3.78. The van der Waals surface area contributed by atoms with Gasteiger partial charge >= 0.3 is 8.80 Å². The highest BCUT2D eigenvalue weighted by Crippen LogP contribution is 2.21. The van der Waals surface area contributed by atoms with E-state index < -0.39 is 8.80 Å². The van der Waals surface area contributed by atoms with Crippen LogP contribution in [0.4, 0.5) is 0 Å². The van der Waals surface area contributed by atoms with Crippen molar-refractivity contribution in [3.63, 3.8) is 0 Å². The van der Waals surface area contributed by atoms with Gasteiger partial charge < -0.3 is 13.3 Å². The molecule has 24 heavy (non-hydrogen) atoms. The lowest BCUT2D eigenvalue weighted by molar-refractivity contribution is -0.109. The van der Waals surface area contributed by atoms with Gasteiger partial charge in [0.15, 0.2) is 5.12 Å². The number of hydrogen-bond donors (Lipinski definition) is 0. The van der Waals surface area contributed by atoms with Crippen molar-refractivity contribution in [1.82, 2.24) is 0 Å². The van der Waals surface area contributed by atoms with Gasteiger partial charge in [0.05, 0.1) is 0 Å². The van der Waals surface area contributed by atoms with Crippen LogP contribution in [0.15, 0.2) is 0 Å². The van der Waals surface area contributed by atoms with Gasteiger partial charge in [-0.2, -0.15) is 0 Å². The summed E-state index contributed by atoms with van der Waals surface area (Å²) in [6, 6.07) is 0.935. The van der Waals surface area contributed by atoms with Crippen molar-refractivity contribution in [2.24, 2.45) is 0 Å². The Balaban J connectivity index is 3.65. The van der Waals surface area contributed by atoms with Crippen molar-refractivity contribution in [3.8, 4) is 0 Å². The highest BCUT2D eigenvalue weighted by Gasteiger charge is 2.39. The van der Waals surface area contributed by atoms with E-state index in [1.165, 1.54) is 50.3 Å². The smallest absolute Gasteiger partial charge is 0.374 e. The Bertz CT molecular complexity index is 286. The van der Waals surface area contributed by atoms with Crippen molar-refractivity contribution in [2.75, 3.05) is 25.6 Å². The summed E-state index contributed by atoms with van der Waals surface area (Å²) in [4.78, 5) is 10.8. The molecule has 0 aromatic heterocycles. The molecule has 144 valence electrons. The average molecular weight is 379 g/mol. The Hall–Kier alpha value is 0.117. The number of thioether (sulfide) groups is 1. The first-order chi connectivity index (χ1) is 11.6. The van der Waals surface area contributed by atoms with Crippen LogP contribution >= 0.6 is 11.8 Å². The predicted octanol–water partition coefficient (Wildman–Crippen LogP) is 5.44. The molecule has 0 aromatic carbocycles. The molecule has 6 heteroatoms. The highest BCUT2D eigenvalue weighted by atomic mass is 32.2. The lowest BCUT2D eigenvalue weighted by atomic mass is 10.1. The normalized spacial score (nSPS) is 11.8. The van der Waals surface area contributed by atoms with E-state index >= 15 is 0 Å². The van der Waals surface area contributed by atoms with Crippen LogP contribution in [0.1, 0.15) is 79.1 Å². The van der Waals surface area contributed by atoms with Crippen LogP contribution in [-0.2, 0) is 18.1 Å². The lowest BCUT2D eigenvalue weighted by Crippen LogP contribution is -2.45. The molecular formula is C18H38O4SSi. The second-order valence-corrected chi connectivity index (χ2v) is 9.90. The van der Waals surface area contributed by atoms with Gasteiger partial charge in [-0.05, 0) is 33.6 Å². The van der Waals surface area contributed by atoms with Gasteiger partial charge in [-0.1, -0.05) is 50.3 Å². The van der Waals surface area contributed by atoms with Crippen LogP contribution in [0.25, 0.3) is 0 Å². The minimum atomic E-state index is -2.43. The summed E-state index contributed by atoms with van der Waals surface area (Å²) in [6.07, 6.45) is 9.92. The first-order valence-electron chi connectivity index (χ1n) is 9.65. The van der Waals surface area contributed by atoms with Crippen molar-refractivity contribution in [1.29, 1.82) is 0 Å². The Morgan fingerprint density at radius 3 is 1.58 bits per heavy atom.